The Morgan fingerprint density at radius 1 is 1.21 bits per heavy atom. The van der Waals surface area contributed by atoms with Crippen molar-refractivity contribution in [3.63, 3.8) is 0 Å². The van der Waals surface area contributed by atoms with E-state index < -0.39 is 31.6 Å². The first-order chi connectivity index (χ1) is 16.1. The number of nitrogens with zero attached hydrogens (tertiary/aromatic N) is 1. The molecule has 1 aliphatic heterocycles. The van der Waals surface area contributed by atoms with Gasteiger partial charge in [-0.15, -0.1) is 5.10 Å². The van der Waals surface area contributed by atoms with E-state index in [4.69, 9.17) is 28.2 Å². The van der Waals surface area contributed by atoms with Gasteiger partial charge in [0.1, 0.15) is 4.90 Å². The maximum atomic E-state index is 13.1. The molecular formula is C19H27N9O4S2. The quantitative estimate of drug-likeness (QED) is 0.0577. The van der Waals surface area contributed by atoms with E-state index in [1.807, 2.05) is 5.53 Å². The highest BCUT2D eigenvalue weighted by atomic mass is 32.2. The lowest BCUT2D eigenvalue weighted by molar-refractivity contribution is 0.0955. The number of amides is 1. The normalized spacial score (nSPS) is 15.4. The Labute approximate surface area is 199 Å². The molecule has 0 saturated carbocycles. The first-order valence-corrected chi connectivity index (χ1v) is 12.8. The largest absolute Gasteiger partial charge is 0.398 e. The predicted octanol–water partition coefficient (Wildman–Crippen LogP) is -2.57. The minimum Gasteiger partial charge on any atom is -0.398 e. The topological polar surface area (TPSA) is 247 Å². The highest BCUT2D eigenvalue weighted by Gasteiger charge is 2.33. The molecule has 2 aromatic carbocycles. The van der Waals surface area contributed by atoms with E-state index >= 15 is 0 Å². The summed E-state index contributed by atoms with van der Waals surface area (Å²) in [5.41, 5.74) is 20.4. The van der Waals surface area contributed by atoms with E-state index in [9.17, 15) is 17.4 Å². The van der Waals surface area contributed by atoms with Crippen molar-refractivity contribution in [3.8, 4) is 11.1 Å². The van der Waals surface area contributed by atoms with Crippen molar-refractivity contribution < 1.29 is 17.4 Å². The number of hydrogen-bond acceptors (Lipinski definition) is 10. The standard InChI is InChI=1S/C19H27N9O4S2/c20-6-7-26-19(29)13-3-1-2-12(16(13)21)11-4-5-14(33(30)10-8-25-9-10)17(34(24,31)32)15(11)18(22)27-28-23/h1-5,10,25,28H,6-9,20-21,23H2,(H2,22,27)(H,26,29)(H2,24,31,32). The molecule has 184 valence electrons. The Kier molecular flexibility index (Phi) is 7.86. The van der Waals surface area contributed by atoms with Crippen molar-refractivity contribution in [3.05, 3.63) is 41.5 Å². The number of hydrazone groups is 1. The molecule has 1 aliphatic rings. The molecule has 1 heterocycles. The summed E-state index contributed by atoms with van der Waals surface area (Å²) in [5, 5.41) is 14.6. The highest BCUT2D eigenvalue weighted by Crippen LogP contribution is 2.37. The van der Waals surface area contributed by atoms with Crippen molar-refractivity contribution in [2.45, 2.75) is 15.0 Å². The molecule has 13 N–H and O–H groups in total. The molecule has 1 fully saturated rings. The van der Waals surface area contributed by atoms with Crippen molar-refractivity contribution in [1.29, 1.82) is 0 Å². The van der Waals surface area contributed by atoms with E-state index in [0.29, 0.717) is 13.1 Å². The van der Waals surface area contributed by atoms with E-state index in [0.717, 1.165) is 0 Å². The number of hydrogen-bond donors (Lipinski definition) is 8. The third-order valence-corrected chi connectivity index (χ3v) is 8.02. The summed E-state index contributed by atoms with van der Waals surface area (Å²) < 4.78 is 38.6. The average Bonchev–Trinajstić information content (AvgIpc) is 2.75. The summed E-state index contributed by atoms with van der Waals surface area (Å²) in [6, 6.07) is 7.57. The van der Waals surface area contributed by atoms with Crippen LogP contribution in [0.4, 0.5) is 5.69 Å². The van der Waals surface area contributed by atoms with Crippen LogP contribution in [0.3, 0.4) is 0 Å². The number of primary sulfonamides is 1. The third-order valence-electron chi connectivity index (χ3n) is 5.18. The zero-order valence-electron chi connectivity index (χ0n) is 18.1. The summed E-state index contributed by atoms with van der Waals surface area (Å²) >= 11 is 0. The highest BCUT2D eigenvalue weighted by molar-refractivity contribution is 7.91. The maximum Gasteiger partial charge on any atom is 0.253 e. The SMILES string of the molecule is NCCNC(=O)c1cccc(-c2ccc(S(=O)C3CNC3)c(S(N)(=O)=O)c2/C(N)=N/NN)c1N. The summed E-state index contributed by atoms with van der Waals surface area (Å²) in [6.45, 7) is 1.38. The number of hydrazine groups is 1. The number of carbonyl (C=O) groups is 1. The number of nitrogen functional groups attached to an aromatic ring is 1. The lowest BCUT2D eigenvalue weighted by Crippen LogP contribution is -2.49. The van der Waals surface area contributed by atoms with Crippen LogP contribution in [0.5, 0.6) is 0 Å². The van der Waals surface area contributed by atoms with Gasteiger partial charge in [-0.25, -0.2) is 24.9 Å². The van der Waals surface area contributed by atoms with Crippen LogP contribution < -0.4 is 44.4 Å². The first-order valence-electron chi connectivity index (χ1n) is 10.1. The minimum atomic E-state index is -4.45. The Balaban J connectivity index is 2.32. The summed E-state index contributed by atoms with van der Waals surface area (Å²) in [6.07, 6.45) is 0. The first kappa shape index (κ1) is 25.5. The molecule has 0 aromatic heterocycles. The molecule has 0 spiro atoms. The monoisotopic (exact) mass is 509 g/mol. The number of benzene rings is 2. The van der Waals surface area contributed by atoms with Gasteiger partial charge in [-0.05, 0) is 17.7 Å². The molecule has 1 unspecified atom stereocenters. The van der Waals surface area contributed by atoms with Gasteiger partial charge < -0.3 is 27.8 Å². The van der Waals surface area contributed by atoms with Gasteiger partial charge in [0, 0.05) is 37.3 Å². The minimum absolute atomic E-state index is 0.0154. The lowest BCUT2D eigenvalue weighted by Gasteiger charge is -2.27. The third kappa shape index (κ3) is 5.03. The number of sulfonamides is 1. The number of rotatable bonds is 9. The molecule has 0 aliphatic carbocycles. The fourth-order valence-electron chi connectivity index (χ4n) is 3.48. The van der Waals surface area contributed by atoms with Gasteiger partial charge in [0.15, 0.2) is 5.84 Å². The number of para-hydroxylation sites is 1. The Morgan fingerprint density at radius 2 is 1.91 bits per heavy atom. The molecule has 1 amide bonds. The van der Waals surface area contributed by atoms with Gasteiger partial charge >= 0.3 is 0 Å². The zero-order valence-corrected chi connectivity index (χ0v) is 19.7. The number of anilines is 1. The Bertz CT molecular complexity index is 1260. The van der Waals surface area contributed by atoms with Crippen LogP contribution in [0.25, 0.3) is 11.1 Å². The predicted molar refractivity (Wildman–Crippen MR) is 130 cm³/mol. The summed E-state index contributed by atoms with van der Waals surface area (Å²) in [5.74, 6) is 4.49. The van der Waals surface area contributed by atoms with Crippen LogP contribution in [-0.4, -0.2) is 55.8 Å². The molecule has 1 saturated heterocycles. The van der Waals surface area contributed by atoms with Gasteiger partial charge in [0.25, 0.3) is 5.91 Å². The number of nitrogens with two attached hydrogens (primary N) is 5. The second-order valence-electron chi connectivity index (χ2n) is 7.38. The Hall–Kier alpha value is -3.08. The van der Waals surface area contributed by atoms with Crippen LogP contribution in [0.2, 0.25) is 0 Å². The molecule has 3 rings (SSSR count). The molecule has 2 aromatic rings. The Morgan fingerprint density at radius 3 is 2.47 bits per heavy atom. The van der Waals surface area contributed by atoms with Crippen LogP contribution >= 0.6 is 0 Å². The molecule has 1 atom stereocenters. The van der Waals surface area contributed by atoms with Crippen molar-refractivity contribution in [2.75, 3.05) is 31.9 Å². The fraction of sp³-hybridized carbons (Fsp3) is 0.263. The number of nitrogens with one attached hydrogen (secondary N) is 3. The van der Waals surface area contributed by atoms with E-state index in [1.54, 1.807) is 12.1 Å². The van der Waals surface area contributed by atoms with Crippen LogP contribution in [0.15, 0.2) is 45.2 Å². The van der Waals surface area contributed by atoms with Crippen LogP contribution in [0.1, 0.15) is 15.9 Å². The maximum absolute atomic E-state index is 13.1. The fourth-order valence-corrected chi connectivity index (χ4v) is 6.31. The van der Waals surface area contributed by atoms with Crippen molar-refractivity contribution in [2.24, 2.45) is 27.6 Å². The zero-order chi connectivity index (χ0) is 25.0. The molecular weight excluding hydrogens is 482 g/mol. The smallest absolute Gasteiger partial charge is 0.253 e. The second kappa shape index (κ2) is 10.5. The summed E-state index contributed by atoms with van der Waals surface area (Å²) in [7, 11) is -6.16. The molecule has 0 bridgehead atoms. The van der Waals surface area contributed by atoms with Crippen molar-refractivity contribution in [1.82, 2.24) is 16.2 Å². The van der Waals surface area contributed by atoms with Crippen LogP contribution in [-0.2, 0) is 20.8 Å². The number of carbonyl (C=O) groups excluding carboxylic acids is 1. The summed E-state index contributed by atoms with van der Waals surface area (Å²) in [4.78, 5) is 12.1. The molecule has 13 nitrogen and oxygen atoms in total. The van der Waals surface area contributed by atoms with Gasteiger partial charge in [-0.3, -0.25) is 9.00 Å². The average molecular weight is 510 g/mol. The molecule has 0 radical (unpaired) electrons. The van der Waals surface area contributed by atoms with E-state index in [-0.39, 0.29) is 57.0 Å². The lowest BCUT2D eigenvalue weighted by atomic mass is 9.95. The molecule has 15 heteroatoms. The van der Waals surface area contributed by atoms with E-state index in [2.05, 4.69) is 15.7 Å². The number of amidine groups is 1. The van der Waals surface area contributed by atoms with Gasteiger partial charge in [0.2, 0.25) is 10.0 Å². The van der Waals surface area contributed by atoms with Gasteiger partial charge in [0.05, 0.1) is 32.2 Å². The van der Waals surface area contributed by atoms with E-state index in [1.165, 1.54) is 18.2 Å². The second-order valence-corrected chi connectivity index (χ2v) is 10.6. The molecule has 34 heavy (non-hydrogen) atoms. The van der Waals surface area contributed by atoms with Crippen molar-refractivity contribution >= 4 is 38.3 Å². The van der Waals surface area contributed by atoms with Gasteiger partial charge in [-0.1, -0.05) is 18.2 Å². The van der Waals surface area contributed by atoms with Gasteiger partial charge in [-0.2, -0.15) is 0 Å². The van der Waals surface area contributed by atoms with Crippen LogP contribution in [0, 0.1) is 0 Å².